The Morgan fingerprint density at radius 3 is 1.19 bits per heavy atom. The van der Waals surface area contributed by atoms with Gasteiger partial charge in [0.2, 0.25) is 23.6 Å². The number of thioether (sulfide) groups is 2. The lowest BCUT2D eigenvalue weighted by molar-refractivity contribution is -0.197. The van der Waals surface area contributed by atoms with Crippen LogP contribution < -0.4 is 0 Å². The smallest absolute Gasteiger partial charge is 0.462 e. The number of Topliss-reactive ketones (excluding diaryl/α,β-unsaturated/α-hetero) is 1. The van der Waals surface area contributed by atoms with E-state index >= 15 is 0 Å². The third-order valence-corrected chi connectivity index (χ3v) is 20.3. The van der Waals surface area contributed by atoms with Gasteiger partial charge in [-0.15, -0.1) is 28.3 Å². The molecule has 22 nitrogen and oxygen atoms in total. The van der Waals surface area contributed by atoms with Crippen LogP contribution in [0.3, 0.4) is 0 Å². The summed E-state index contributed by atoms with van der Waals surface area (Å²) in [6, 6.07) is 0. The van der Waals surface area contributed by atoms with Crippen LogP contribution in [0.5, 0.6) is 0 Å². The van der Waals surface area contributed by atoms with Crippen LogP contribution in [-0.2, 0) is 75.9 Å². The molecule has 0 aromatic heterocycles. The molecule has 1 rings (SSSR count). The first-order chi connectivity index (χ1) is 49.1. The average Bonchev–Trinajstić information content (AvgIpc) is 1.70. The summed E-state index contributed by atoms with van der Waals surface area (Å²) in [6.07, 6.45) is 38.6. The molecule has 2 atom stereocenters. The van der Waals surface area contributed by atoms with Crippen LogP contribution in [-0.4, -0.2) is 196 Å². The highest BCUT2D eigenvalue weighted by Crippen LogP contribution is 2.43. The molecular weight excluding hydrogens is 1410 g/mol. The number of carbonyl (C=O) groups excluding carboxylic acids is 10. The van der Waals surface area contributed by atoms with E-state index < -0.39 is 50.3 Å². The SMILES string of the molecule is CCC(=O)N(C)CCN(CCSCCC(=O)ON1C(=O)CCC1=O)C(=O)CC.CCCCCCCCCCCCCCCCCC(=O)OC[C@H](COP(=O)(O)OCCCC(=O)CCSCCN(CCN(C)C(=O)CC)C(=O)CC)OC(=O)CCCCCCCCCCCCCCCCC.ClCCl. The van der Waals surface area contributed by atoms with Crippen LogP contribution in [0.2, 0.25) is 0 Å². The molecule has 0 aromatic rings. The summed E-state index contributed by atoms with van der Waals surface area (Å²) in [5.74, 6) is -0.0825. The lowest BCUT2D eigenvalue weighted by atomic mass is 10.0. The second kappa shape index (κ2) is 70.5. The average molecular weight is 1550 g/mol. The normalized spacial score (nSPS) is 12.7. The monoisotopic (exact) mass is 1550 g/mol. The molecule has 102 heavy (non-hydrogen) atoms. The molecule has 0 spiro atoms. The van der Waals surface area contributed by atoms with Crippen LogP contribution in [0.1, 0.15) is 311 Å². The van der Waals surface area contributed by atoms with Crippen LogP contribution >= 0.6 is 54.5 Å². The van der Waals surface area contributed by atoms with Gasteiger partial charge in [-0.25, -0.2) is 9.36 Å². The standard InChI is InChI=1S/C56H107N2O11PS.C18H29N3O6S.CH2Cl2/c1-6-10-12-14-16-18-20-22-24-26-28-30-32-34-36-40-55(62)66-49-52(69-56(63)41-37-35-33-31-29-27-25-23-21-19-17-15-13-11-7-2)50-68-70(64,65)67-46-38-39-51(59)42-47-71-48-45-58(54(61)9-4)44-43-57(5)53(60)8-3;1-4-14(22)19(3)9-10-20(15(23)5-2)11-13-28-12-8-18(26)27-21-16(24)6-7-17(21)25;2-1-3/h52H,6-50H2,1-5H3,(H,64,65);4-13H2,1-3H3;1H2/t52-;;/m1../s1. The number of hydroxylamine groups is 2. The molecule has 1 aliphatic rings. The fraction of sp³-hybridized carbons (Fsp3) is 0.867. The van der Waals surface area contributed by atoms with Gasteiger partial charge in [0.25, 0.3) is 11.8 Å². The minimum atomic E-state index is -4.57. The predicted molar refractivity (Wildman–Crippen MR) is 413 cm³/mol. The number of imide groups is 1. The van der Waals surface area contributed by atoms with Crippen molar-refractivity contribution in [1.29, 1.82) is 0 Å². The highest BCUT2D eigenvalue weighted by molar-refractivity contribution is 7.99. The van der Waals surface area contributed by atoms with Gasteiger partial charge in [0.15, 0.2) is 6.10 Å². The molecule has 0 aliphatic carbocycles. The zero-order valence-electron chi connectivity index (χ0n) is 64.4. The maximum Gasteiger partial charge on any atom is 0.472 e. The maximum atomic E-state index is 12.9. The molecule has 1 aliphatic heterocycles. The number of halogens is 2. The van der Waals surface area contributed by atoms with Gasteiger partial charge in [-0.2, -0.15) is 23.5 Å². The Morgan fingerprint density at radius 2 is 0.804 bits per heavy atom. The topological polar surface area (TPSA) is 270 Å². The van der Waals surface area contributed by atoms with Crippen LogP contribution in [0.15, 0.2) is 0 Å². The number of nitrogens with zero attached hydrogens (tertiary/aromatic N) is 5. The van der Waals surface area contributed by atoms with E-state index in [1.807, 2.05) is 13.8 Å². The van der Waals surface area contributed by atoms with Crippen molar-refractivity contribution in [2.75, 3.05) is 102 Å². The minimum Gasteiger partial charge on any atom is -0.462 e. The van der Waals surface area contributed by atoms with Crippen molar-refractivity contribution >= 4 is 114 Å². The number of ketones is 1. The third kappa shape index (κ3) is 60.6. The van der Waals surface area contributed by atoms with Gasteiger partial charge < -0.3 is 38.8 Å². The van der Waals surface area contributed by atoms with Gasteiger partial charge >= 0.3 is 25.7 Å². The Balaban J connectivity index is 0. The number of esters is 2. The highest BCUT2D eigenvalue weighted by Gasteiger charge is 2.33. The Kier molecular flexibility index (Phi) is 69.5. The van der Waals surface area contributed by atoms with Crippen LogP contribution in [0, 0.1) is 0 Å². The van der Waals surface area contributed by atoms with Gasteiger partial charge in [0.05, 0.1) is 25.0 Å². The predicted octanol–water partition coefficient (Wildman–Crippen LogP) is 16.9. The molecule has 0 aromatic carbocycles. The fourth-order valence-corrected chi connectivity index (χ4v) is 13.5. The molecule has 596 valence electrons. The van der Waals surface area contributed by atoms with E-state index in [-0.39, 0.29) is 92.9 Å². The summed E-state index contributed by atoms with van der Waals surface area (Å²) < 4.78 is 34.3. The Hall–Kier alpha value is -3.51. The first kappa shape index (κ1) is 101. The van der Waals surface area contributed by atoms with E-state index in [1.54, 1.807) is 59.3 Å². The van der Waals surface area contributed by atoms with Gasteiger partial charge in [-0.05, 0) is 19.3 Å². The van der Waals surface area contributed by atoms with Crippen molar-refractivity contribution < 1.29 is 80.8 Å². The second-order valence-corrected chi connectivity index (χ2v) is 30.8. The number of rotatable bonds is 66. The fourth-order valence-electron chi connectivity index (χ4n) is 10.9. The highest BCUT2D eigenvalue weighted by atomic mass is 35.5. The van der Waals surface area contributed by atoms with Gasteiger partial charge in [0.1, 0.15) is 12.4 Å². The lowest BCUT2D eigenvalue weighted by Crippen LogP contribution is -2.40. The van der Waals surface area contributed by atoms with Crippen LogP contribution in [0.4, 0.5) is 0 Å². The molecular formula is C75H138Cl2N5O17PS2. The second-order valence-electron chi connectivity index (χ2n) is 26.1. The summed E-state index contributed by atoms with van der Waals surface area (Å²) >= 11 is 12.6. The Labute approximate surface area is 634 Å². The van der Waals surface area contributed by atoms with Gasteiger partial charge in [-0.1, -0.05) is 221 Å². The van der Waals surface area contributed by atoms with Gasteiger partial charge in [-0.3, -0.25) is 52.2 Å². The van der Waals surface area contributed by atoms with E-state index in [1.165, 1.54) is 153 Å². The molecule has 0 radical (unpaired) electrons. The van der Waals surface area contributed by atoms with Crippen molar-refractivity contribution in [3.8, 4) is 0 Å². The summed E-state index contributed by atoms with van der Waals surface area (Å²) in [7, 11) is -1.11. The largest absolute Gasteiger partial charge is 0.472 e. The number of phosphoric acid groups is 1. The van der Waals surface area contributed by atoms with Gasteiger partial charge in [0, 0.05) is 141 Å². The Morgan fingerprint density at radius 1 is 0.441 bits per heavy atom. The number of carbonyl (C=O) groups is 10. The van der Waals surface area contributed by atoms with Crippen LogP contribution in [0.25, 0.3) is 0 Å². The van der Waals surface area contributed by atoms with Crippen molar-refractivity contribution in [2.45, 2.75) is 317 Å². The number of likely N-dealkylation sites (N-methyl/N-ethyl adjacent to an activating group) is 2. The molecule has 27 heteroatoms. The Bertz CT molecular complexity index is 2250. The number of unbranched alkanes of at least 4 members (excludes halogenated alkanes) is 28. The van der Waals surface area contributed by atoms with E-state index in [2.05, 4.69) is 13.8 Å². The summed E-state index contributed by atoms with van der Waals surface area (Å²) in [5.41, 5.74) is 0. The van der Waals surface area contributed by atoms with Crippen molar-refractivity contribution in [3.63, 3.8) is 0 Å². The zero-order valence-corrected chi connectivity index (χ0v) is 68.4. The van der Waals surface area contributed by atoms with E-state index in [0.717, 1.165) is 38.5 Å². The number of alkyl halides is 2. The quantitative estimate of drug-likeness (QED) is 0.0195. The van der Waals surface area contributed by atoms with Crippen molar-refractivity contribution in [3.05, 3.63) is 0 Å². The van der Waals surface area contributed by atoms with Crippen molar-refractivity contribution in [2.24, 2.45) is 0 Å². The first-order valence-corrected chi connectivity index (χ1v) is 43.8. The molecule has 1 fully saturated rings. The number of amides is 6. The first-order valence-electron chi connectivity index (χ1n) is 39.0. The van der Waals surface area contributed by atoms with Crippen molar-refractivity contribution in [1.82, 2.24) is 24.7 Å². The number of ether oxygens (including phenoxy) is 2. The maximum absolute atomic E-state index is 12.9. The molecule has 0 saturated carbocycles. The van der Waals surface area contributed by atoms with E-state index in [9.17, 15) is 57.4 Å². The summed E-state index contributed by atoms with van der Waals surface area (Å²) in [4.78, 5) is 143. The number of hydrogen-bond acceptors (Lipinski definition) is 18. The third-order valence-electron chi connectivity index (χ3n) is 17.3. The lowest BCUT2D eigenvalue weighted by Gasteiger charge is -2.25. The molecule has 1 heterocycles. The molecule has 1 N–H and O–H groups in total. The summed E-state index contributed by atoms with van der Waals surface area (Å²) in [6.45, 7) is 13.7. The molecule has 6 amide bonds. The molecule has 1 unspecified atom stereocenters. The number of phosphoric ester groups is 1. The summed E-state index contributed by atoms with van der Waals surface area (Å²) in [5, 5.41) is 0.739. The number of hydrogen-bond donors (Lipinski definition) is 1. The van der Waals surface area contributed by atoms with E-state index in [4.69, 9.17) is 46.6 Å². The minimum absolute atomic E-state index is 0.0109. The zero-order chi connectivity index (χ0) is 76.3. The van der Waals surface area contributed by atoms with E-state index in [0.29, 0.717) is 112 Å². The molecule has 1 saturated heterocycles. The molecule has 0 bridgehead atoms.